The lowest BCUT2D eigenvalue weighted by atomic mass is 10.2. The third-order valence-corrected chi connectivity index (χ3v) is 6.81. The fourth-order valence-electron chi connectivity index (χ4n) is 2.89. The van der Waals surface area contributed by atoms with Gasteiger partial charge in [-0.05, 0) is 65.5 Å². The van der Waals surface area contributed by atoms with Gasteiger partial charge in [-0.25, -0.2) is 9.97 Å². The molecule has 27 heavy (non-hydrogen) atoms. The van der Waals surface area contributed by atoms with Crippen molar-refractivity contribution >= 4 is 55.5 Å². The van der Waals surface area contributed by atoms with E-state index in [0.717, 1.165) is 39.4 Å². The van der Waals surface area contributed by atoms with Crippen LogP contribution in [0.4, 0.5) is 5.13 Å². The summed E-state index contributed by atoms with van der Waals surface area (Å²) in [5.74, 6) is -0.0281. The minimum absolute atomic E-state index is 0.0281. The number of aromatic nitrogens is 2. The maximum Gasteiger partial charge on any atom is 0.272 e. The summed E-state index contributed by atoms with van der Waals surface area (Å²) in [6, 6.07) is 3.85. The Bertz CT molecular complexity index is 980. The summed E-state index contributed by atoms with van der Waals surface area (Å²) in [4.78, 5) is 27.1. The summed E-state index contributed by atoms with van der Waals surface area (Å²) < 4.78 is 1.04. The number of hydrogen-bond donors (Lipinski definition) is 0. The van der Waals surface area contributed by atoms with Crippen molar-refractivity contribution in [2.24, 2.45) is 0 Å². The van der Waals surface area contributed by atoms with Gasteiger partial charge in [-0.3, -0.25) is 9.69 Å². The van der Waals surface area contributed by atoms with Crippen LogP contribution in [0.5, 0.6) is 0 Å². The van der Waals surface area contributed by atoms with Crippen molar-refractivity contribution < 1.29 is 4.79 Å². The maximum atomic E-state index is 13.3. The van der Waals surface area contributed by atoms with Gasteiger partial charge in [0.1, 0.15) is 4.88 Å². The van der Waals surface area contributed by atoms with Gasteiger partial charge >= 0.3 is 0 Å². The molecule has 0 aliphatic rings. The van der Waals surface area contributed by atoms with E-state index in [1.807, 2.05) is 47.0 Å². The summed E-state index contributed by atoms with van der Waals surface area (Å²) in [6.07, 6.45) is 0.866. The molecule has 1 aromatic carbocycles. The zero-order valence-corrected chi connectivity index (χ0v) is 18.6. The second-order valence-corrected chi connectivity index (χ2v) is 9.40. The van der Waals surface area contributed by atoms with E-state index in [-0.39, 0.29) is 5.91 Å². The van der Waals surface area contributed by atoms with Crippen molar-refractivity contribution in [3.63, 3.8) is 0 Å². The molecule has 1 amide bonds. The van der Waals surface area contributed by atoms with Crippen LogP contribution < -0.4 is 4.90 Å². The van der Waals surface area contributed by atoms with E-state index in [4.69, 9.17) is 16.6 Å². The lowest BCUT2D eigenvalue weighted by Crippen LogP contribution is -2.33. The van der Waals surface area contributed by atoms with Gasteiger partial charge in [0.25, 0.3) is 5.91 Å². The average molecular weight is 423 g/mol. The Morgan fingerprint density at radius 1 is 1.11 bits per heavy atom. The van der Waals surface area contributed by atoms with Crippen molar-refractivity contribution in [3.8, 4) is 0 Å². The highest BCUT2D eigenvalue weighted by Crippen LogP contribution is 2.34. The second kappa shape index (κ2) is 8.22. The number of benzene rings is 1. The molecule has 8 heteroatoms. The first-order valence-corrected chi connectivity index (χ1v) is 10.7. The van der Waals surface area contributed by atoms with Gasteiger partial charge < -0.3 is 4.90 Å². The molecule has 0 atom stereocenters. The van der Waals surface area contributed by atoms with Gasteiger partial charge in [-0.1, -0.05) is 22.9 Å². The molecule has 0 aliphatic carbocycles. The van der Waals surface area contributed by atoms with Gasteiger partial charge in [0, 0.05) is 11.6 Å². The first-order chi connectivity index (χ1) is 12.8. The molecule has 0 unspecified atom stereocenters. The van der Waals surface area contributed by atoms with Crippen LogP contribution in [0, 0.1) is 20.8 Å². The number of fused-ring (bicyclic) bond motifs is 1. The van der Waals surface area contributed by atoms with Crippen LogP contribution in [-0.2, 0) is 0 Å². The summed E-state index contributed by atoms with van der Waals surface area (Å²) in [7, 11) is 4.07. The Labute approximate surface area is 172 Å². The Hall–Kier alpha value is -1.54. The number of halogens is 1. The SMILES string of the molecule is Cc1nc(C)c(C(=O)N(CCCN(C)C)c2nc3c(C)c(Cl)ccc3s2)s1. The fraction of sp³-hybridized carbons (Fsp3) is 0.421. The van der Waals surface area contributed by atoms with E-state index in [9.17, 15) is 4.79 Å². The van der Waals surface area contributed by atoms with Crippen molar-refractivity contribution in [1.29, 1.82) is 0 Å². The van der Waals surface area contributed by atoms with Crippen LogP contribution >= 0.6 is 34.3 Å². The molecule has 2 heterocycles. The Morgan fingerprint density at radius 3 is 2.48 bits per heavy atom. The molecule has 0 spiro atoms. The standard InChI is InChI=1S/C19H23ClN4OS2/c1-11-14(20)7-8-15-16(11)22-19(27-15)24(10-6-9-23(4)5)18(25)17-12(2)21-13(3)26-17/h7-8H,6,9-10H2,1-5H3. The van der Waals surface area contributed by atoms with Gasteiger partial charge in [0.15, 0.2) is 5.13 Å². The van der Waals surface area contributed by atoms with E-state index < -0.39 is 0 Å². The average Bonchev–Trinajstić information content (AvgIpc) is 3.17. The highest BCUT2D eigenvalue weighted by Gasteiger charge is 2.25. The topological polar surface area (TPSA) is 49.3 Å². The van der Waals surface area contributed by atoms with Crippen molar-refractivity contribution in [2.45, 2.75) is 27.2 Å². The van der Waals surface area contributed by atoms with Crippen LogP contribution in [0.15, 0.2) is 12.1 Å². The molecule has 5 nitrogen and oxygen atoms in total. The number of amides is 1. The van der Waals surface area contributed by atoms with E-state index in [1.54, 1.807) is 4.90 Å². The largest absolute Gasteiger partial charge is 0.309 e. The van der Waals surface area contributed by atoms with Crippen LogP contribution in [0.25, 0.3) is 10.2 Å². The predicted octanol–water partition coefficient (Wildman–Crippen LogP) is 4.93. The van der Waals surface area contributed by atoms with Crippen molar-refractivity contribution in [3.05, 3.63) is 38.3 Å². The quantitative estimate of drug-likeness (QED) is 0.565. The number of aryl methyl sites for hydroxylation is 3. The van der Waals surface area contributed by atoms with Crippen molar-refractivity contribution in [2.75, 3.05) is 32.1 Å². The smallest absolute Gasteiger partial charge is 0.272 e. The van der Waals surface area contributed by atoms with Gasteiger partial charge in [-0.2, -0.15) is 0 Å². The van der Waals surface area contributed by atoms with E-state index >= 15 is 0 Å². The van der Waals surface area contributed by atoms with Crippen LogP contribution in [0.3, 0.4) is 0 Å². The third kappa shape index (κ3) is 4.32. The summed E-state index contributed by atoms with van der Waals surface area (Å²) in [5.41, 5.74) is 2.59. The van der Waals surface area contributed by atoms with Crippen LogP contribution in [-0.4, -0.2) is 48.0 Å². The number of carbonyl (C=O) groups excluding carboxylic acids is 1. The molecule has 0 aliphatic heterocycles. The zero-order valence-electron chi connectivity index (χ0n) is 16.2. The molecule has 0 bridgehead atoms. The summed E-state index contributed by atoms with van der Waals surface area (Å²) >= 11 is 9.22. The van der Waals surface area contributed by atoms with E-state index in [0.29, 0.717) is 21.6 Å². The van der Waals surface area contributed by atoms with E-state index in [1.165, 1.54) is 22.7 Å². The van der Waals surface area contributed by atoms with E-state index in [2.05, 4.69) is 9.88 Å². The Kier molecular flexibility index (Phi) is 6.15. The molecule has 0 fully saturated rings. The minimum Gasteiger partial charge on any atom is -0.309 e. The number of rotatable bonds is 6. The number of hydrogen-bond acceptors (Lipinski definition) is 6. The molecule has 0 radical (unpaired) electrons. The fourth-order valence-corrected chi connectivity index (χ4v) is 4.96. The first kappa shape index (κ1) is 20.2. The first-order valence-electron chi connectivity index (χ1n) is 8.74. The molecule has 0 saturated heterocycles. The molecule has 3 aromatic rings. The Morgan fingerprint density at radius 2 is 1.85 bits per heavy atom. The van der Waals surface area contributed by atoms with Gasteiger partial charge in [0.05, 0.1) is 20.9 Å². The van der Waals surface area contributed by atoms with Crippen molar-refractivity contribution in [1.82, 2.24) is 14.9 Å². The van der Waals surface area contributed by atoms with Gasteiger partial charge in [0.2, 0.25) is 0 Å². The minimum atomic E-state index is -0.0281. The highest BCUT2D eigenvalue weighted by atomic mass is 35.5. The molecule has 0 saturated carbocycles. The number of carbonyl (C=O) groups is 1. The molecule has 3 rings (SSSR count). The van der Waals surface area contributed by atoms with Gasteiger partial charge in [-0.15, -0.1) is 11.3 Å². The lowest BCUT2D eigenvalue weighted by molar-refractivity contribution is 0.0989. The van der Waals surface area contributed by atoms with Crippen LogP contribution in [0.2, 0.25) is 5.02 Å². The summed E-state index contributed by atoms with van der Waals surface area (Å²) in [5, 5.41) is 2.30. The molecular weight excluding hydrogens is 400 g/mol. The number of thiazole rings is 2. The highest BCUT2D eigenvalue weighted by molar-refractivity contribution is 7.22. The number of anilines is 1. The number of nitrogens with zero attached hydrogens (tertiary/aromatic N) is 4. The molecule has 144 valence electrons. The molecular formula is C19H23ClN4OS2. The maximum absolute atomic E-state index is 13.3. The monoisotopic (exact) mass is 422 g/mol. The van der Waals surface area contributed by atoms with Crippen LogP contribution in [0.1, 0.15) is 32.4 Å². The zero-order chi connectivity index (χ0) is 19.7. The summed E-state index contributed by atoms with van der Waals surface area (Å²) in [6.45, 7) is 7.29. The normalized spacial score (nSPS) is 11.5. The third-order valence-electron chi connectivity index (χ3n) is 4.30. The molecule has 0 N–H and O–H groups in total. The lowest BCUT2D eigenvalue weighted by Gasteiger charge is -2.20. The second-order valence-electron chi connectivity index (χ2n) is 6.78. The Balaban J connectivity index is 2.00. The predicted molar refractivity (Wildman–Crippen MR) is 116 cm³/mol. The molecule has 2 aromatic heterocycles.